The van der Waals surface area contributed by atoms with Crippen molar-refractivity contribution in [3.63, 3.8) is 0 Å². The molecule has 0 saturated heterocycles. The molecule has 1 heterocycles. The van der Waals surface area contributed by atoms with E-state index in [0.717, 1.165) is 16.7 Å². The molecule has 0 fully saturated rings. The number of hydrogen-bond acceptors (Lipinski definition) is 3. The average Bonchev–Trinajstić information content (AvgIpc) is 2.05. The standard InChI is InChI=1S/C8H8BrN3/c1-2-11-6-3-7(9)8(4-10)12-5-6/h3,5,11H,2H2,1H3. The maximum atomic E-state index is 8.58. The summed E-state index contributed by atoms with van der Waals surface area (Å²) in [5.41, 5.74) is 1.33. The van der Waals surface area contributed by atoms with Crippen molar-refractivity contribution in [2.45, 2.75) is 6.92 Å². The summed E-state index contributed by atoms with van der Waals surface area (Å²) in [7, 11) is 0. The van der Waals surface area contributed by atoms with Crippen LogP contribution in [0.25, 0.3) is 0 Å². The van der Waals surface area contributed by atoms with Gasteiger partial charge in [-0.2, -0.15) is 5.26 Å². The van der Waals surface area contributed by atoms with Crippen LogP contribution in [0.1, 0.15) is 12.6 Å². The number of nitriles is 1. The van der Waals surface area contributed by atoms with Gasteiger partial charge in [0.25, 0.3) is 0 Å². The Morgan fingerprint density at radius 1 is 1.75 bits per heavy atom. The van der Waals surface area contributed by atoms with E-state index >= 15 is 0 Å². The Hall–Kier alpha value is -1.08. The van der Waals surface area contributed by atoms with Crippen molar-refractivity contribution in [2.24, 2.45) is 0 Å². The highest BCUT2D eigenvalue weighted by molar-refractivity contribution is 9.10. The molecule has 62 valence electrons. The molecular weight excluding hydrogens is 218 g/mol. The van der Waals surface area contributed by atoms with Gasteiger partial charge in [0.2, 0.25) is 0 Å². The highest BCUT2D eigenvalue weighted by atomic mass is 79.9. The van der Waals surface area contributed by atoms with Crippen LogP contribution in [0.2, 0.25) is 0 Å². The van der Waals surface area contributed by atoms with Crippen molar-refractivity contribution >= 4 is 21.6 Å². The predicted octanol–water partition coefficient (Wildman–Crippen LogP) is 2.15. The summed E-state index contributed by atoms with van der Waals surface area (Å²) in [5.74, 6) is 0. The van der Waals surface area contributed by atoms with Gasteiger partial charge in [-0.3, -0.25) is 0 Å². The molecule has 0 bridgehead atoms. The molecule has 1 aromatic heterocycles. The molecule has 0 spiro atoms. The van der Waals surface area contributed by atoms with Crippen molar-refractivity contribution in [3.8, 4) is 6.07 Å². The quantitative estimate of drug-likeness (QED) is 0.840. The number of nitrogens with one attached hydrogen (secondary N) is 1. The second-order valence-corrected chi connectivity index (χ2v) is 3.05. The molecule has 12 heavy (non-hydrogen) atoms. The summed E-state index contributed by atoms with van der Waals surface area (Å²) in [5, 5.41) is 11.7. The lowest BCUT2D eigenvalue weighted by Crippen LogP contribution is -1.97. The lowest BCUT2D eigenvalue weighted by molar-refractivity contribution is 1.17. The van der Waals surface area contributed by atoms with E-state index in [1.807, 2.05) is 19.1 Å². The summed E-state index contributed by atoms with van der Waals surface area (Å²) < 4.78 is 0.725. The molecule has 3 nitrogen and oxygen atoms in total. The van der Waals surface area contributed by atoms with Gasteiger partial charge in [-0.05, 0) is 28.9 Å². The maximum absolute atomic E-state index is 8.58. The number of aromatic nitrogens is 1. The van der Waals surface area contributed by atoms with Crippen LogP contribution in [0.5, 0.6) is 0 Å². The van der Waals surface area contributed by atoms with Gasteiger partial charge < -0.3 is 5.32 Å². The van der Waals surface area contributed by atoms with E-state index in [-0.39, 0.29) is 0 Å². The van der Waals surface area contributed by atoms with Crippen molar-refractivity contribution in [1.29, 1.82) is 5.26 Å². The zero-order valence-corrected chi connectivity index (χ0v) is 8.22. The van der Waals surface area contributed by atoms with Gasteiger partial charge in [0.15, 0.2) is 5.69 Å². The summed E-state index contributed by atoms with van der Waals surface area (Å²) >= 11 is 3.25. The number of halogens is 1. The molecule has 1 rings (SSSR count). The second-order valence-electron chi connectivity index (χ2n) is 2.20. The minimum Gasteiger partial charge on any atom is -0.384 e. The molecule has 0 aromatic carbocycles. The number of pyridine rings is 1. The first-order chi connectivity index (χ1) is 5.77. The smallest absolute Gasteiger partial charge is 0.154 e. The normalized spacial score (nSPS) is 9.08. The van der Waals surface area contributed by atoms with Gasteiger partial charge in [-0.15, -0.1) is 0 Å². The van der Waals surface area contributed by atoms with Gasteiger partial charge >= 0.3 is 0 Å². The topological polar surface area (TPSA) is 48.7 Å². The Balaban J connectivity index is 2.96. The molecule has 0 aliphatic heterocycles. The zero-order chi connectivity index (χ0) is 8.97. The second kappa shape index (κ2) is 4.07. The SMILES string of the molecule is CCNc1cnc(C#N)c(Br)c1. The lowest BCUT2D eigenvalue weighted by atomic mass is 10.3. The van der Waals surface area contributed by atoms with Crippen molar-refractivity contribution in [3.05, 3.63) is 22.4 Å². The van der Waals surface area contributed by atoms with E-state index < -0.39 is 0 Å². The Morgan fingerprint density at radius 2 is 2.50 bits per heavy atom. The van der Waals surface area contributed by atoms with Gasteiger partial charge in [0.05, 0.1) is 16.4 Å². The third-order valence-corrected chi connectivity index (χ3v) is 1.93. The Morgan fingerprint density at radius 3 is 3.00 bits per heavy atom. The fourth-order valence-electron chi connectivity index (χ4n) is 0.821. The van der Waals surface area contributed by atoms with E-state index in [1.165, 1.54) is 0 Å². The molecule has 0 radical (unpaired) electrons. The van der Waals surface area contributed by atoms with Crippen molar-refractivity contribution < 1.29 is 0 Å². The Bertz CT molecular complexity index is 317. The van der Waals surface area contributed by atoms with Crippen LogP contribution >= 0.6 is 15.9 Å². The molecule has 0 saturated carbocycles. The van der Waals surface area contributed by atoms with E-state index in [9.17, 15) is 0 Å². The summed E-state index contributed by atoms with van der Waals surface area (Å²) in [6.45, 7) is 2.85. The van der Waals surface area contributed by atoms with Gasteiger partial charge in [0.1, 0.15) is 6.07 Å². The molecule has 0 aliphatic rings. The molecule has 0 atom stereocenters. The minimum absolute atomic E-state index is 0.414. The van der Waals surface area contributed by atoms with Gasteiger partial charge in [-0.25, -0.2) is 4.98 Å². The largest absolute Gasteiger partial charge is 0.384 e. The van der Waals surface area contributed by atoms with Crippen LogP contribution in [0, 0.1) is 11.3 Å². The highest BCUT2D eigenvalue weighted by Crippen LogP contribution is 2.17. The fraction of sp³-hybridized carbons (Fsp3) is 0.250. The van der Waals surface area contributed by atoms with Crippen LogP contribution in [-0.2, 0) is 0 Å². The van der Waals surface area contributed by atoms with Crippen LogP contribution in [-0.4, -0.2) is 11.5 Å². The maximum Gasteiger partial charge on any atom is 0.154 e. The van der Waals surface area contributed by atoms with Crippen LogP contribution in [0.3, 0.4) is 0 Å². The van der Waals surface area contributed by atoms with Gasteiger partial charge in [-0.1, -0.05) is 0 Å². The monoisotopic (exact) mass is 225 g/mol. The van der Waals surface area contributed by atoms with Crippen LogP contribution in [0.15, 0.2) is 16.7 Å². The first-order valence-corrected chi connectivity index (χ1v) is 4.36. The number of hydrogen-bond donors (Lipinski definition) is 1. The number of nitrogens with zero attached hydrogens (tertiary/aromatic N) is 2. The molecule has 0 aliphatic carbocycles. The van der Waals surface area contributed by atoms with Crippen molar-refractivity contribution in [1.82, 2.24) is 4.98 Å². The van der Waals surface area contributed by atoms with Gasteiger partial charge in [0, 0.05) is 6.54 Å². The summed E-state index contributed by atoms with van der Waals surface area (Å²) in [6.07, 6.45) is 1.65. The molecular formula is C8H8BrN3. The van der Waals surface area contributed by atoms with Crippen LogP contribution in [0.4, 0.5) is 5.69 Å². The van der Waals surface area contributed by atoms with E-state index in [2.05, 4.69) is 26.2 Å². The molecule has 0 amide bonds. The van der Waals surface area contributed by atoms with E-state index in [0.29, 0.717) is 5.69 Å². The molecule has 1 N–H and O–H groups in total. The fourth-order valence-corrected chi connectivity index (χ4v) is 1.26. The third kappa shape index (κ3) is 1.95. The first-order valence-electron chi connectivity index (χ1n) is 3.57. The summed E-state index contributed by atoms with van der Waals surface area (Å²) in [6, 6.07) is 3.82. The average molecular weight is 226 g/mol. The van der Waals surface area contributed by atoms with Crippen molar-refractivity contribution in [2.75, 3.05) is 11.9 Å². The van der Waals surface area contributed by atoms with E-state index in [1.54, 1.807) is 6.20 Å². The molecule has 1 aromatic rings. The minimum atomic E-state index is 0.414. The number of anilines is 1. The Kier molecular flexibility index (Phi) is 3.06. The zero-order valence-electron chi connectivity index (χ0n) is 6.63. The molecule has 0 unspecified atom stereocenters. The summed E-state index contributed by atoms with van der Waals surface area (Å²) in [4.78, 5) is 3.94. The Labute approximate surface area is 79.6 Å². The van der Waals surface area contributed by atoms with E-state index in [4.69, 9.17) is 5.26 Å². The molecule has 4 heteroatoms. The predicted molar refractivity (Wildman–Crippen MR) is 50.8 cm³/mol. The highest BCUT2D eigenvalue weighted by Gasteiger charge is 2.00. The third-order valence-electron chi connectivity index (χ3n) is 1.33. The first kappa shape index (κ1) is 9.01. The van der Waals surface area contributed by atoms with Crippen LogP contribution < -0.4 is 5.32 Å². The number of rotatable bonds is 2. The lowest BCUT2D eigenvalue weighted by Gasteiger charge is -2.02.